The van der Waals surface area contributed by atoms with Crippen LogP contribution in [0.25, 0.3) is 0 Å². The van der Waals surface area contributed by atoms with E-state index in [1.54, 1.807) is 12.1 Å². The summed E-state index contributed by atoms with van der Waals surface area (Å²) >= 11 is 0. The third kappa shape index (κ3) is 2.91. The molecule has 0 aromatic heterocycles. The van der Waals surface area contributed by atoms with Crippen molar-refractivity contribution in [2.45, 2.75) is 56.6 Å². The fraction of sp³-hybridized carbons (Fsp3) is 0.611. The molecule has 3 rings (SSSR count). The van der Waals surface area contributed by atoms with Gasteiger partial charge in [-0.1, -0.05) is 31.4 Å². The van der Waals surface area contributed by atoms with Crippen molar-refractivity contribution < 1.29 is 13.2 Å². The molecule has 1 aromatic carbocycles. The Bertz CT molecular complexity index is 714. The molecule has 0 atom stereocenters. The third-order valence-electron chi connectivity index (χ3n) is 5.50. The van der Waals surface area contributed by atoms with Gasteiger partial charge in [0.05, 0.1) is 10.5 Å². The summed E-state index contributed by atoms with van der Waals surface area (Å²) in [5.41, 5.74) is 7.44. The van der Waals surface area contributed by atoms with Gasteiger partial charge in [-0.25, -0.2) is 8.42 Å². The molecule has 2 aliphatic carbocycles. The molecule has 2 saturated carbocycles. The summed E-state index contributed by atoms with van der Waals surface area (Å²) in [6.07, 6.45) is 6.28. The van der Waals surface area contributed by atoms with Gasteiger partial charge in [0.2, 0.25) is 5.91 Å². The van der Waals surface area contributed by atoms with Crippen LogP contribution in [-0.2, 0) is 14.6 Å². The Morgan fingerprint density at radius 1 is 1.22 bits per heavy atom. The molecular formula is C18H25NO3S. The number of amides is 1. The lowest BCUT2D eigenvalue weighted by Crippen LogP contribution is -2.41. The van der Waals surface area contributed by atoms with Crippen LogP contribution >= 0.6 is 0 Å². The molecule has 2 N–H and O–H groups in total. The van der Waals surface area contributed by atoms with E-state index in [0.717, 1.165) is 43.2 Å². The Morgan fingerprint density at radius 2 is 1.87 bits per heavy atom. The van der Waals surface area contributed by atoms with Crippen molar-refractivity contribution >= 4 is 15.7 Å². The first kappa shape index (κ1) is 16.5. The molecule has 23 heavy (non-hydrogen) atoms. The monoisotopic (exact) mass is 335 g/mol. The summed E-state index contributed by atoms with van der Waals surface area (Å²) in [5, 5.41) is 0. The van der Waals surface area contributed by atoms with E-state index in [4.69, 9.17) is 5.73 Å². The van der Waals surface area contributed by atoms with E-state index in [1.165, 1.54) is 0 Å². The van der Waals surface area contributed by atoms with Gasteiger partial charge in [-0.2, -0.15) is 0 Å². The highest BCUT2D eigenvalue weighted by molar-refractivity contribution is 7.92. The van der Waals surface area contributed by atoms with Crippen LogP contribution in [0, 0.1) is 12.8 Å². The van der Waals surface area contributed by atoms with Gasteiger partial charge in [0.15, 0.2) is 9.84 Å². The zero-order valence-electron chi connectivity index (χ0n) is 13.7. The number of carbonyl (C=O) groups excluding carboxylic acids is 1. The summed E-state index contributed by atoms with van der Waals surface area (Å²) < 4.78 is 25.7. The van der Waals surface area contributed by atoms with Gasteiger partial charge in [0.1, 0.15) is 0 Å². The molecule has 1 amide bonds. The highest BCUT2D eigenvalue weighted by Gasteiger charge is 2.48. The number of benzene rings is 1. The normalized spacial score (nSPS) is 21.1. The molecule has 5 heteroatoms. The third-order valence-corrected chi connectivity index (χ3v) is 8.23. The largest absolute Gasteiger partial charge is 0.366 e. The maximum absolute atomic E-state index is 13.3. The van der Waals surface area contributed by atoms with E-state index in [0.29, 0.717) is 24.3 Å². The Kier molecular flexibility index (Phi) is 4.25. The summed E-state index contributed by atoms with van der Waals surface area (Å²) in [6, 6.07) is 5.34. The fourth-order valence-electron chi connectivity index (χ4n) is 4.02. The Hall–Kier alpha value is -1.36. The van der Waals surface area contributed by atoms with Crippen LogP contribution in [0.2, 0.25) is 0 Å². The van der Waals surface area contributed by atoms with E-state index >= 15 is 0 Å². The first-order chi connectivity index (χ1) is 10.9. The number of carbonyl (C=O) groups is 1. The van der Waals surface area contributed by atoms with Crippen molar-refractivity contribution in [3.63, 3.8) is 0 Å². The smallest absolute Gasteiger partial charge is 0.248 e. The molecule has 126 valence electrons. The second-order valence-corrected chi connectivity index (χ2v) is 9.47. The predicted molar refractivity (Wildman–Crippen MR) is 91.0 cm³/mol. The molecule has 0 saturated heterocycles. The molecule has 0 heterocycles. The number of sulfone groups is 1. The van der Waals surface area contributed by atoms with Crippen molar-refractivity contribution in [3.8, 4) is 0 Å². The second-order valence-electron chi connectivity index (χ2n) is 7.12. The molecule has 1 aromatic rings. The van der Waals surface area contributed by atoms with Crippen LogP contribution in [0.5, 0.6) is 0 Å². The van der Waals surface area contributed by atoms with Crippen LogP contribution in [-0.4, -0.2) is 20.1 Å². The molecule has 0 radical (unpaired) electrons. The summed E-state index contributed by atoms with van der Waals surface area (Å²) in [4.78, 5) is 11.7. The minimum absolute atomic E-state index is 0.285. The molecule has 2 fully saturated rings. The first-order valence-corrected chi connectivity index (χ1v) is 10.1. The molecule has 2 aliphatic rings. The van der Waals surface area contributed by atoms with Gasteiger partial charge < -0.3 is 5.73 Å². The SMILES string of the molecule is Cc1c(C(N)=O)cccc1C1(S(=O)(=O)CC2CC2)CCCCC1. The molecule has 0 bridgehead atoms. The van der Waals surface area contributed by atoms with E-state index in [2.05, 4.69) is 0 Å². The van der Waals surface area contributed by atoms with E-state index in [-0.39, 0.29) is 5.75 Å². The zero-order chi connectivity index (χ0) is 16.7. The lowest BCUT2D eigenvalue weighted by molar-refractivity contribution is 0.0999. The predicted octanol–water partition coefficient (Wildman–Crippen LogP) is 3.08. The maximum Gasteiger partial charge on any atom is 0.248 e. The number of hydrogen-bond donors (Lipinski definition) is 1. The van der Waals surface area contributed by atoms with E-state index in [1.807, 2.05) is 13.0 Å². The van der Waals surface area contributed by atoms with Gasteiger partial charge in [-0.3, -0.25) is 4.79 Å². The van der Waals surface area contributed by atoms with Crippen LogP contribution in [0.15, 0.2) is 18.2 Å². The number of rotatable bonds is 5. The van der Waals surface area contributed by atoms with E-state index in [9.17, 15) is 13.2 Å². The highest BCUT2D eigenvalue weighted by atomic mass is 32.2. The first-order valence-electron chi connectivity index (χ1n) is 8.49. The molecular weight excluding hydrogens is 310 g/mol. The zero-order valence-corrected chi connectivity index (χ0v) is 14.5. The van der Waals surface area contributed by atoms with Crippen LogP contribution in [0.3, 0.4) is 0 Å². The Labute approximate surface area is 138 Å². The molecule has 4 nitrogen and oxygen atoms in total. The lowest BCUT2D eigenvalue weighted by atomic mass is 9.80. The molecule has 0 spiro atoms. The van der Waals surface area contributed by atoms with Crippen molar-refractivity contribution in [2.24, 2.45) is 11.7 Å². The van der Waals surface area contributed by atoms with Crippen molar-refractivity contribution in [1.82, 2.24) is 0 Å². The van der Waals surface area contributed by atoms with Crippen molar-refractivity contribution in [2.75, 3.05) is 5.75 Å². The maximum atomic E-state index is 13.3. The van der Waals surface area contributed by atoms with Gasteiger partial charge >= 0.3 is 0 Å². The standard InChI is InChI=1S/C18H25NO3S/c1-13-15(17(19)20)6-5-7-16(13)18(10-3-2-4-11-18)23(21,22)12-14-8-9-14/h5-7,14H,2-4,8-12H2,1H3,(H2,19,20). The number of nitrogens with two attached hydrogens (primary N) is 1. The van der Waals surface area contributed by atoms with Crippen molar-refractivity contribution in [3.05, 3.63) is 34.9 Å². The quantitative estimate of drug-likeness (QED) is 0.898. The molecule has 0 aliphatic heterocycles. The highest BCUT2D eigenvalue weighted by Crippen LogP contribution is 2.48. The minimum Gasteiger partial charge on any atom is -0.366 e. The molecule has 0 unspecified atom stereocenters. The summed E-state index contributed by atoms with van der Waals surface area (Å²) in [6.45, 7) is 1.83. The Morgan fingerprint density at radius 3 is 2.43 bits per heavy atom. The van der Waals surface area contributed by atoms with Gasteiger partial charge in [0.25, 0.3) is 0 Å². The lowest BCUT2D eigenvalue weighted by Gasteiger charge is -2.38. The van der Waals surface area contributed by atoms with Gasteiger partial charge in [-0.15, -0.1) is 0 Å². The topological polar surface area (TPSA) is 77.2 Å². The average Bonchev–Trinajstić information content (AvgIpc) is 3.31. The van der Waals surface area contributed by atoms with E-state index < -0.39 is 20.5 Å². The Balaban J connectivity index is 2.13. The van der Waals surface area contributed by atoms with Crippen LogP contribution < -0.4 is 5.73 Å². The number of hydrogen-bond acceptors (Lipinski definition) is 3. The van der Waals surface area contributed by atoms with Crippen LogP contribution in [0.1, 0.15) is 66.4 Å². The van der Waals surface area contributed by atoms with Crippen LogP contribution in [0.4, 0.5) is 0 Å². The van der Waals surface area contributed by atoms with Gasteiger partial charge in [0, 0.05) is 5.56 Å². The summed E-state index contributed by atoms with van der Waals surface area (Å²) in [7, 11) is -3.25. The van der Waals surface area contributed by atoms with Gasteiger partial charge in [-0.05, 0) is 55.7 Å². The average molecular weight is 335 g/mol. The summed E-state index contributed by atoms with van der Waals surface area (Å²) in [5.74, 6) is 0.126. The fourth-order valence-corrected chi connectivity index (χ4v) is 6.76. The minimum atomic E-state index is -3.25. The second kappa shape index (κ2) is 5.93. The number of primary amides is 1. The van der Waals surface area contributed by atoms with Crippen molar-refractivity contribution in [1.29, 1.82) is 0 Å².